The Balaban J connectivity index is 2.19. The molecule has 1 aromatic rings. The van der Waals surface area contributed by atoms with Crippen LogP contribution in [0.25, 0.3) is 0 Å². The highest BCUT2D eigenvalue weighted by molar-refractivity contribution is 7.12. The van der Waals surface area contributed by atoms with Crippen molar-refractivity contribution < 1.29 is 9.53 Å². The molecule has 2 heterocycles. The van der Waals surface area contributed by atoms with Crippen molar-refractivity contribution in [2.24, 2.45) is 0 Å². The molecule has 1 aromatic heterocycles. The lowest BCUT2D eigenvalue weighted by Gasteiger charge is -2.20. The summed E-state index contributed by atoms with van der Waals surface area (Å²) in [6.45, 7) is 3.97. The van der Waals surface area contributed by atoms with Gasteiger partial charge in [-0.2, -0.15) is 0 Å². The zero-order chi connectivity index (χ0) is 11.5. The Kier molecular flexibility index (Phi) is 3.56. The van der Waals surface area contributed by atoms with Gasteiger partial charge in [0.15, 0.2) is 5.69 Å². The highest BCUT2D eigenvalue weighted by atomic mass is 32.1. The largest absolute Gasteiger partial charge is 0.464 e. The monoisotopic (exact) mass is 240 g/mol. The summed E-state index contributed by atoms with van der Waals surface area (Å²) in [5.41, 5.74) is 0.480. The van der Waals surface area contributed by atoms with Crippen molar-refractivity contribution in [3.8, 4) is 0 Å². The van der Waals surface area contributed by atoms with E-state index in [0.717, 1.165) is 29.4 Å². The molecule has 0 radical (unpaired) electrons. The predicted octanol–water partition coefficient (Wildman–Crippen LogP) is 1.71. The Hall–Kier alpha value is -0.940. The minimum atomic E-state index is -0.330. The lowest BCUT2D eigenvalue weighted by Crippen LogP contribution is -2.28. The van der Waals surface area contributed by atoms with E-state index in [0.29, 0.717) is 11.6 Å². The number of nitrogens with one attached hydrogen (secondary N) is 1. The lowest BCUT2D eigenvalue weighted by atomic mass is 10.0. The first kappa shape index (κ1) is 11.5. The van der Waals surface area contributed by atoms with Gasteiger partial charge in [0.2, 0.25) is 0 Å². The number of piperidine rings is 1. The quantitative estimate of drug-likeness (QED) is 0.799. The summed E-state index contributed by atoms with van der Waals surface area (Å²) in [7, 11) is 1.39. The van der Waals surface area contributed by atoms with Crippen LogP contribution in [0.15, 0.2) is 0 Å². The molecule has 1 unspecified atom stereocenters. The SMILES string of the molecule is COC(=O)c1nc(C2CCCNC2)sc1C. The number of ether oxygens (including phenoxy) is 1. The minimum absolute atomic E-state index is 0.330. The molecule has 1 N–H and O–H groups in total. The average molecular weight is 240 g/mol. The van der Waals surface area contributed by atoms with Crippen LogP contribution >= 0.6 is 11.3 Å². The fourth-order valence-electron chi connectivity index (χ4n) is 1.94. The van der Waals surface area contributed by atoms with Crippen LogP contribution in [-0.2, 0) is 4.74 Å². The van der Waals surface area contributed by atoms with Crippen LogP contribution < -0.4 is 5.32 Å². The second kappa shape index (κ2) is 4.93. The van der Waals surface area contributed by atoms with E-state index >= 15 is 0 Å². The van der Waals surface area contributed by atoms with Gasteiger partial charge in [0.25, 0.3) is 0 Å². The summed E-state index contributed by atoms with van der Waals surface area (Å²) in [5.74, 6) is 0.125. The summed E-state index contributed by atoms with van der Waals surface area (Å²) in [6, 6.07) is 0. The maximum Gasteiger partial charge on any atom is 0.357 e. The molecule has 2 rings (SSSR count). The third kappa shape index (κ3) is 2.25. The van der Waals surface area contributed by atoms with Gasteiger partial charge in [0.05, 0.1) is 12.1 Å². The summed E-state index contributed by atoms with van der Waals surface area (Å²) < 4.78 is 4.71. The molecule has 0 aliphatic carbocycles. The third-order valence-corrected chi connectivity index (χ3v) is 3.97. The van der Waals surface area contributed by atoms with Crippen molar-refractivity contribution in [2.75, 3.05) is 20.2 Å². The standard InChI is InChI=1S/C11H16N2O2S/c1-7-9(11(14)15-2)13-10(16-7)8-4-3-5-12-6-8/h8,12H,3-6H2,1-2H3. The number of aromatic nitrogens is 1. The van der Waals surface area contributed by atoms with E-state index < -0.39 is 0 Å². The zero-order valence-electron chi connectivity index (χ0n) is 9.58. The van der Waals surface area contributed by atoms with Gasteiger partial charge < -0.3 is 10.1 Å². The molecule has 4 nitrogen and oxygen atoms in total. The second-order valence-electron chi connectivity index (χ2n) is 3.99. The summed E-state index contributed by atoms with van der Waals surface area (Å²) in [5, 5.41) is 4.42. The first-order valence-electron chi connectivity index (χ1n) is 5.48. The van der Waals surface area contributed by atoms with E-state index in [-0.39, 0.29) is 5.97 Å². The number of rotatable bonds is 2. The first-order chi connectivity index (χ1) is 7.72. The normalized spacial score (nSPS) is 20.8. The number of aryl methyl sites for hydroxylation is 1. The number of nitrogens with zero attached hydrogens (tertiary/aromatic N) is 1. The Morgan fingerprint density at radius 2 is 2.44 bits per heavy atom. The van der Waals surface area contributed by atoms with Gasteiger partial charge >= 0.3 is 5.97 Å². The van der Waals surface area contributed by atoms with Crippen LogP contribution in [0.1, 0.15) is 39.1 Å². The number of carbonyl (C=O) groups excluding carboxylic acids is 1. The second-order valence-corrected chi connectivity index (χ2v) is 5.23. The van der Waals surface area contributed by atoms with Crippen molar-refractivity contribution >= 4 is 17.3 Å². The molecule has 1 aliphatic heterocycles. The molecule has 1 saturated heterocycles. The Bertz CT molecular complexity index is 383. The van der Waals surface area contributed by atoms with E-state index in [1.54, 1.807) is 11.3 Å². The van der Waals surface area contributed by atoms with Crippen molar-refractivity contribution in [1.29, 1.82) is 0 Å². The summed E-state index contributed by atoms with van der Waals surface area (Å²) in [6.07, 6.45) is 2.33. The number of methoxy groups -OCH3 is 1. The lowest BCUT2D eigenvalue weighted by molar-refractivity contribution is 0.0594. The molecule has 1 fully saturated rings. The number of thiazole rings is 1. The minimum Gasteiger partial charge on any atom is -0.464 e. The van der Waals surface area contributed by atoms with Crippen LogP contribution in [0.2, 0.25) is 0 Å². The van der Waals surface area contributed by atoms with E-state index in [2.05, 4.69) is 10.3 Å². The fourth-order valence-corrected chi connectivity index (χ4v) is 2.98. The van der Waals surface area contributed by atoms with E-state index in [9.17, 15) is 4.79 Å². The van der Waals surface area contributed by atoms with Crippen molar-refractivity contribution in [2.45, 2.75) is 25.7 Å². The van der Waals surface area contributed by atoms with Gasteiger partial charge in [-0.1, -0.05) is 0 Å². The molecule has 1 atom stereocenters. The molecule has 0 aromatic carbocycles. The molecule has 16 heavy (non-hydrogen) atoms. The van der Waals surface area contributed by atoms with Crippen LogP contribution in [0.5, 0.6) is 0 Å². The van der Waals surface area contributed by atoms with Gasteiger partial charge in [-0.25, -0.2) is 9.78 Å². The zero-order valence-corrected chi connectivity index (χ0v) is 10.4. The van der Waals surface area contributed by atoms with Crippen LogP contribution in [-0.4, -0.2) is 31.2 Å². The molecule has 0 bridgehead atoms. The molecule has 5 heteroatoms. The molecule has 0 spiro atoms. The van der Waals surface area contributed by atoms with Gasteiger partial charge in [-0.15, -0.1) is 11.3 Å². The van der Waals surface area contributed by atoms with Crippen molar-refractivity contribution in [3.63, 3.8) is 0 Å². The smallest absolute Gasteiger partial charge is 0.357 e. The van der Waals surface area contributed by atoms with Gasteiger partial charge in [0.1, 0.15) is 0 Å². The summed E-state index contributed by atoms with van der Waals surface area (Å²) >= 11 is 1.61. The van der Waals surface area contributed by atoms with Crippen molar-refractivity contribution in [1.82, 2.24) is 10.3 Å². The molecule has 0 saturated carbocycles. The number of hydrogen-bond acceptors (Lipinski definition) is 5. The molecule has 0 amide bonds. The maximum absolute atomic E-state index is 11.4. The molecular weight excluding hydrogens is 224 g/mol. The van der Waals surface area contributed by atoms with Gasteiger partial charge in [-0.05, 0) is 26.3 Å². The predicted molar refractivity (Wildman–Crippen MR) is 63.0 cm³/mol. The highest BCUT2D eigenvalue weighted by Gasteiger charge is 2.22. The van der Waals surface area contributed by atoms with E-state index in [4.69, 9.17) is 4.74 Å². The molecule has 1 aliphatic rings. The fraction of sp³-hybridized carbons (Fsp3) is 0.636. The Morgan fingerprint density at radius 3 is 3.06 bits per heavy atom. The topological polar surface area (TPSA) is 51.2 Å². The van der Waals surface area contributed by atoms with Crippen LogP contribution in [0.3, 0.4) is 0 Å². The van der Waals surface area contributed by atoms with E-state index in [1.165, 1.54) is 13.5 Å². The van der Waals surface area contributed by atoms with Crippen LogP contribution in [0, 0.1) is 6.92 Å². The van der Waals surface area contributed by atoms with Gasteiger partial charge in [0, 0.05) is 17.3 Å². The highest BCUT2D eigenvalue weighted by Crippen LogP contribution is 2.29. The average Bonchev–Trinajstić information content (AvgIpc) is 2.71. The molecular formula is C11H16N2O2S. The first-order valence-corrected chi connectivity index (χ1v) is 6.30. The maximum atomic E-state index is 11.4. The summed E-state index contributed by atoms with van der Waals surface area (Å²) in [4.78, 5) is 16.8. The van der Waals surface area contributed by atoms with Crippen molar-refractivity contribution in [3.05, 3.63) is 15.6 Å². The molecule has 88 valence electrons. The number of hydrogen-bond donors (Lipinski definition) is 1. The number of esters is 1. The Labute approximate surface area is 99.0 Å². The number of carbonyl (C=O) groups is 1. The Morgan fingerprint density at radius 1 is 1.62 bits per heavy atom. The van der Waals surface area contributed by atoms with Gasteiger partial charge in [-0.3, -0.25) is 0 Å². The third-order valence-electron chi connectivity index (χ3n) is 2.84. The van der Waals surface area contributed by atoms with E-state index in [1.807, 2.05) is 6.92 Å². The van der Waals surface area contributed by atoms with Crippen LogP contribution in [0.4, 0.5) is 0 Å².